The summed E-state index contributed by atoms with van der Waals surface area (Å²) in [4.78, 5) is 40.8. The van der Waals surface area contributed by atoms with E-state index >= 15 is 0 Å². The summed E-state index contributed by atoms with van der Waals surface area (Å²) in [6.45, 7) is 4.56. The number of carbonyl (C=O) groups excluding carboxylic acids is 3. The van der Waals surface area contributed by atoms with Crippen LogP contribution in [0, 0.1) is 5.92 Å². The number of hydrogen-bond donors (Lipinski definition) is 1. The maximum absolute atomic E-state index is 13.0. The maximum Gasteiger partial charge on any atom is 0.225 e. The van der Waals surface area contributed by atoms with E-state index < -0.39 is 0 Å². The lowest BCUT2D eigenvalue weighted by molar-refractivity contribution is -0.143. The Morgan fingerprint density at radius 2 is 1.93 bits per heavy atom. The Morgan fingerprint density at radius 3 is 2.55 bits per heavy atom. The van der Waals surface area contributed by atoms with Crippen molar-refractivity contribution >= 4 is 17.7 Å². The van der Waals surface area contributed by atoms with Crippen molar-refractivity contribution < 1.29 is 19.1 Å². The summed E-state index contributed by atoms with van der Waals surface area (Å²) in [5.74, 6) is 0.737. The highest BCUT2D eigenvalue weighted by Gasteiger charge is 2.39. The smallest absolute Gasteiger partial charge is 0.225 e. The van der Waals surface area contributed by atoms with E-state index in [1.54, 1.807) is 12.0 Å². The minimum absolute atomic E-state index is 0.0236. The molecule has 3 amide bonds. The fraction of sp³-hybridized carbons (Fsp3) is 0.591. The first-order valence-electron chi connectivity index (χ1n) is 10.5. The van der Waals surface area contributed by atoms with E-state index in [4.69, 9.17) is 4.74 Å². The van der Waals surface area contributed by atoms with Gasteiger partial charge in [-0.25, -0.2) is 0 Å². The van der Waals surface area contributed by atoms with Crippen LogP contribution in [0.15, 0.2) is 24.3 Å². The quantitative estimate of drug-likeness (QED) is 0.677. The first-order chi connectivity index (χ1) is 14.0. The van der Waals surface area contributed by atoms with E-state index in [1.807, 2.05) is 36.1 Å². The Labute approximate surface area is 172 Å². The predicted molar refractivity (Wildman–Crippen MR) is 109 cm³/mol. The summed E-state index contributed by atoms with van der Waals surface area (Å²) in [6, 6.07) is 7.33. The van der Waals surface area contributed by atoms with Crippen LogP contribution in [0.3, 0.4) is 0 Å². The number of nitrogens with one attached hydrogen (secondary N) is 1. The first kappa shape index (κ1) is 21.1. The van der Waals surface area contributed by atoms with Gasteiger partial charge in [-0.15, -0.1) is 0 Å². The normalized spacial score (nSPS) is 22.1. The molecule has 0 aliphatic carbocycles. The molecule has 1 N–H and O–H groups in total. The van der Waals surface area contributed by atoms with Crippen molar-refractivity contribution in [3.8, 4) is 5.75 Å². The molecule has 0 bridgehead atoms. The minimum atomic E-state index is -0.283. The molecule has 0 spiro atoms. The third kappa shape index (κ3) is 4.89. The molecule has 2 aliphatic heterocycles. The number of piperidine rings is 1. The van der Waals surface area contributed by atoms with Crippen LogP contribution in [0.1, 0.15) is 50.6 Å². The minimum Gasteiger partial charge on any atom is -0.497 e. The monoisotopic (exact) mass is 401 g/mol. The van der Waals surface area contributed by atoms with E-state index in [0.29, 0.717) is 38.9 Å². The van der Waals surface area contributed by atoms with Crippen molar-refractivity contribution in [2.24, 2.45) is 5.92 Å². The van der Waals surface area contributed by atoms with Crippen LogP contribution in [0.4, 0.5) is 0 Å². The number of benzene rings is 1. The summed E-state index contributed by atoms with van der Waals surface area (Å²) in [6.07, 6.45) is 3.24. The standard InChI is InChI=1S/C22H31N3O4/c1-3-25-20(27)12-11-18(21(25)16-7-9-17(29-2)10-8-16)22(28)23-13-5-15-24-14-4-6-19(24)26/h7-10,18,21H,3-6,11-15H2,1-2H3,(H,23,28)/t18-,21+/m1/s1. The van der Waals surface area contributed by atoms with Gasteiger partial charge in [-0.3, -0.25) is 14.4 Å². The molecule has 3 rings (SSSR count). The van der Waals surface area contributed by atoms with Gasteiger partial charge < -0.3 is 19.9 Å². The lowest BCUT2D eigenvalue weighted by Gasteiger charge is -2.40. The maximum atomic E-state index is 13.0. The fourth-order valence-electron chi connectivity index (χ4n) is 4.37. The van der Waals surface area contributed by atoms with Crippen LogP contribution in [-0.2, 0) is 14.4 Å². The van der Waals surface area contributed by atoms with Gasteiger partial charge in [0.05, 0.1) is 19.1 Å². The first-order valence-corrected chi connectivity index (χ1v) is 10.5. The average Bonchev–Trinajstić information content (AvgIpc) is 3.15. The Kier molecular flexibility index (Phi) is 7.12. The zero-order chi connectivity index (χ0) is 20.8. The number of hydrogen-bond acceptors (Lipinski definition) is 4. The third-order valence-electron chi connectivity index (χ3n) is 5.92. The number of methoxy groups -OCH3 is 1. The van der Waals surface area contributed by atoms with E-state index in [-0.39, 0.29) is 29.7 Å². The van der Waals surface area contributed by atoms with Crippen molar-refractivity contribution in [3.63, 3.8) is 0 Å². The molecule has 2 aliphatic rings. The Bertz CT molecular complexity index is 734. The van der Waals surface area contributed by atoms with Crippen molar-refractivity contribution in [1.29, 1.82) is 0 Å². The third-order valence-corrected chi connectivity index (χ3v) is 5.92. The van der Waals surface area contributed by atoms with Gasteiger partial charge in [-0.2, -0.15) is 0 Å². The molecule has 158 valence electrons. The molecule has 29 heavy (non-hydrogen) atoms. The summed E-state index contributed by atoms with van der Waals surface area (Å²) in [7, 11) is 1.61. The molecule has 0 aromatic heterocycles. The summed E-state index contributed by atoms with van der Waals surface area (Å²) >= 11 is 0. The number of nitrogens with zero attached hydrogens (tertiary/aromatic N) is 2. The van der Waals surface area contributed by atoms with E-state index in [0.717, 1.165) is 30.7 Å². The second-order valence-corrected chi connectivity index (χ2v) is 7.67. The Balaban J connectivity index is 1.64. The second-order valence-electron chi connectivity index (χ2n) is 7.67. The van der Waals surface area contributed by atoms with Crippen LogP contribution in [-0.4, -0.2) is 60.8 Å². The number of carbonyl (C=O) groups is 3. The van der Waals surface area contributed by atoms with Crippen molar-refractivity contribution in [1.82, 2.24) is 15.1 Å². The van der Waals surface area contributed by atoms with Gasteiger partial charge >= 0.3 is 0 Å². The number of amides is 3. The molecule has 0 unspecified atom stereocenters. The highest BCUT2D eigenvalue weighted by Crippen LogP contribution is 2.37. The number of rotatable bonds is 8. The van der Waals surface area contributed by atoms with Gasteiger partial charge in [0.1, 0.15) is 5.75 Å². The van der Waals surface area contributed by atoms with Gasteiger partial charge in [-0.05, 0) is 43.9 Å². The molecule has 7 heteroatoms. The van der Waals surface area contributed by atoms with Crippen molar-refractivity contribution in [2.45, 2.75) is 45.1 Å². The van der Waals surface area contributed by atoms with Gasteiger partial charge in [0.25, 0.3) is 0 Å². The Morgan fingerprint density at radius 1 is 1.17 bits per heavy atom. The van der Waals surface area contributed by atoms with Gasteiger partial charge in [0.15, 0.2) is 0 Å². The molecule has 0 radical (unpaired) electrons. The Hall–Kier alpha value is -2.57. The van der Waals surface area contributed by atoms with E-state index in [9.17, 15) is 14.4 Å². The van der Waals surface area contributed by atoms with Gasteiger partial charge in [0.2, 0.25) is 17.7 Å². The lowest BCUT2D eigenvalue weighted by atomic mass is 9.83. The molecule has 1 aromatic rings. The van der Waals surface area contributed by atoms with Crippen LogP contribution >= 0.6 is 0 Å². The van der Waals surface area contributed by atoms with Crippen LogP contribution in [0.2, 0.25) is 0 Å². The molecule has 0 saturated carbocycles. The highest BCUT2D eigenvalue weighted by atomic mass is 16.5. The SMILES string of the molecule is CCN1C(=O)CC[C@@H](C(=O)NCCCN2CCCC2=O)[C@@H]1c1ccc(OC)cc1. The summed E-state index contributed by atoms with van der Waals surface area (Å²) in [5, 5.41) is 3.03. The molecule has 2 atom stereocenters. The van der Waals surface area contributed by atoms with Crippen LogP contribution in [0.25, 0.3) is 0 Å². The molecule has 1 aromatic carbocycles. The average molecular weight is 402 g/mol. The second kappa shape index (κ2) is 9.76. The van der Waals surface area contributed by atoms with E-state index in [2.05, 4.69) is 5.32 Å². The molecular formula is C22H31N3O4. The summed E-state index contributed by atoms with van der Waals surface area (Å²) in [5.41, 5.74) is 0.948. The molecular weight excluding hydrogens is 370 g/mol. The predicted octanol–water partition coefficient (Wildman–Crippen LogP) is 2.12. The van der Waals surface area contributed by atoms with Gasteiger partial charge in [-0.1, -0.05) is 12.1 Å². The summed E-state index contributed by atoms with van der Waals surface area (Å²) < 4.78 is 5.23. The number of likely N-dealkylation sites (tertiary alicyclic amines) is 2. The van der Waals surface area contributed by atoms with Crippen molar-refractivity contribution in [2.75, 3.05) is 33.3 Å². The lowest BCUT2D eigenvalue weighted by Crippen LogP contribution is -2.48. The molecule has 2 heterocycles. The fourth-order valence-corrected chi connectivity index (χ4v) is 4.37. The molecule has 7 nitrogen and oxygen atoms in total. The molecule has 2 fully saturated rings. The van der Waals surface area contributed by atoms with Gasteiger partial charge in [0, 0.05) is 39.0 Å². The zero-order valence-corrected chi connectivity index (χ0v) is 17.4. The van der Waals surface area contributed by atoms with Crippen molar-refractivity contribution in [3.05, 3.63) is 29.8 Å². The number of ether oxygens (including phenoxy) is 1. The van der Waals surface area contributed by atoms with E-state index in [1.165, 1.54) is 0 Å². The van der Waals surface area contributed by atoms with Crippen LogP contribution in [0.5, 0.6) is 5.75 Å². The topological polar surface area (TPSA) is 79.0 Å². The molecule has 2 saturated heterocycles. The zero-order valence-electron chi connectivity index (χ0n) is 17.4. The highest BCUT2D eigenvalue weighted by molar-refractivity contribution is 5.85. The largest absolute Gasteiger partial charge is 0.497 e. The van der Waals surface area contributed by atoms with Crippen LogP contribution < -0.4 is 10.1 Å².